The Balaban J connectivity index is 2.79. The molecule has 1 unspecified atom stereocenters. The van der Waals surface area contributed by atoms with Gasteiger partial charge in [-0.1, -0.05) is 6.92 Å². The highest BCUT2D eigenvalue weighted by Crippen LogP contribution is 2.16. The monoisotopic (exact) mass is 251 g/mol. The molecule has 1 rings (SSSR count). The average Bonchev–Trinajstić information content (AvgIpc) is 2.30. The van der Waals surface area contributed by atoms with Gasteiger partial charge in [0.25, 0.3) is 0 Å². The summed E-state index contributed by atoms with van der Waals surface area (Å²) in [7, 11) is -3.11. The van der Waals surface area contributed by atoms with Gasteiger partial charge in [0.15, 0.2) is 9.84 Å². The highest BCUT2D eigenvalue weighted by Gasteiger charge is 2.10. The van der Waals surface area contributed by atoms with Gasteiger partial charge in [-0.2, -0.15) is 0 Å². The lowest BCUT2D eigenvalue weighted by Gasteiger charge is -2.12. The van der Waals surface area contributed by atoms with Crippen molar-refractivity contribution in [1.82, 2.24) is 0 Å². The van der Waals surface area contributed by atoms with Crippen molar-refractivity contribution in [2.75, 3.05) is 11.1 Å². The molecule has 0 spiro atoms. The zero-order valence-electron chi connectivity index (χ0n) is 10.1. The molecule has 3 nitrogen and oxygen atoms in total. The van der Waals surface area contributed by atoms with E-state index in [9.17, 15) is 8.42 Å². The maximum atomic E-state index is 11.6. The van der Waals surface area contributed by atoms with Crippen LogP contribution in [0.4, 0.5) is 5.69 Å². The highest BCUT2D eigenvalue weighted by atomic mass is 32.2. The van der Waals surface area contributed by atoms with Gasteiger partial charge in [-0.15, -0.1) is 12.3 Å². The summed E-state index contributed by atoms with van der Waals surface area (Å²) < 4.78 is 23.2. The minimum atomic E-state index is -3.11. The smallest absolute Gasteiger partial charge is 0.178 e. The van der Waals surface area contributed by atoms with Crippen molar-refractivity contribution in [3.8, 4) is 12.3 Å². The first-order chi connectivity index (χ1) is 7.99. The number of terminal acetylenes is 1. The van der Waals surface area contributed by atoms with Crippen LogP contribution in [0.3, 0.4) is 0 Å². The van der Waals surface area contributed by atoms with E-state index in [0.29, 0.717) is 11.3 Å². The number of sulfone groups is 1. The van der Waals surface area contributed by atoms with Crippen LogP contribution in [0, 0.1) is 12.3 Å². The fourth-order valence-corrected chi connectivity index (χ4v) is 2.32. The summed E-state index contributed by atoms with van der Waals surface area (Å²) in [6, 6.07) is 6.92. The molecule has 4 heteroatoms. The first kappa shape index (κ1) is 13.6. The SMILES string of the molecule is C#CCC(C)Nc1ccc(S(=O)(=O)CC)cc1. The lowest BCUT2D eigenvalue weighted by Crippen LogP contribution is -2.14. The van der Waals surface area contributed by atoms with Gasteiger partial charge in [0, 0.05) is 18.2 Å². The minimum Gasteiger partial charge on any atom is -0.382 e. The third kappa shape index (κ3) is 3.79. The van der Waals surface area contributed by atoms with E-state index in [1.165, 1.54) is 0 Å². The fraction of sp³-hybridized carbons (Fsp3) is 0.385. The van der Waals surface area contributed by atoms with Crippen LogP contribution >= 0.6 is 0 Å². The Labute approximate surface area is 103 Å². The predicted molar refractivity (Wildman–Crippen MR) is 70.7 cm³/mol. The quantitative estimate of drug-likeness (QED) is 0.817. The molecule has 0 saturated carbocycles. The Bertz CT molecular complexity index is 497. The molecule has 1 aromatic carbocycles. The molecule has 0 amide bonds. The van der Waals surface area contributed by atoms with Gasteiger partial charge in [0.1, 0.15) is 0 Å². The second kappa shape index (κ2) is 5.74. The number of anilines is 1. The summed E-state index contributed by atoms with van der Waals surface area (Å²) in [6.45, 7) is 3.62. The molecular formula is C13H17NO2S. The molecule has 0 saturated heterocycles. The van der Waals surface area contributed by atoms with Crippen LogP contribution in [-0.2, 0) is 9.84 Å². The van der Waals surface area contributed by atoms with Gasteiger partial charge >= 0.3 is 0 Å². The molecular weight excluding hydrogens is 234 g/mol. The molecule has 0 bridgehead atoms. The minimum absolute atomic E-state index is 0.118. The second-order valence-corrected chi connectivity index (χ2v) is 6.16. The lowest BCUT2D eigenvalue weighted by molar-refractivity contribution is 0.597. The lowest BCUT2D eigenvalue weighted by atomic mass is 10.2. The fourth-order valence-electron chi connectivity index (χ4n) is 1.44. The van der Waals surface area contributed by atoms with Crippen LogP contribution in [-0.4, -0.2) is 20.2 Å². The van der Waals surface area contributed by atoms with Gasteiger partial charge in [0.05, 0.1) is 10.6 Å². The van der Waals surface area contributed by atoms with Crippen molar-refractivity contribution in [2.45, 2.75) is 31.2 Å². The van der Waals surface area contributed by atoms with Gasteiger partial charge < -0.3 is 5.32 Å². The first-order valence-corrected chi connectivity index (χ1v) is 7.17. The van der Waals surface area contributed by atoms with E-state index in [-0.39, 0.29) is 11.8 Å². The van der Waals surface area contributed by atoms with Crippen molar-refractivity contribution >= 4 is 15.5 Å². The van der Waals surface area contributed by atoms with E-state index in [2.05, 4.69) is 11.2 Å². The number of hydrogen-bond donors (Lipinski definition) is 1. The van der Waals surface area contributed by atoms with E-state index < -0.39 is 9.84 Å². The maximum absolute atomic E-state index is 11.6. The second-order valence-electron chi connectivity index (χ2n) is 3.88. The van der Waals surface area contributed by atoms with Crippen LogP contribution in [0.5, 0.6) is 0 Å². The van der Waals surface area contributed by atoms with Gasteiger partial charge in [0.2, 0.25) is 0 Å². The largest absolute Gasteiger partial charge is 0.382 e. The standard InChI is InChI=1S/C13H17NO2S/c1-4-6-11(3)14-12-7-9-13(10-8-12)17(15,16)5-2/h1,7-11,14H,5-6H2,2-3H3. The van der Waals surface area contributed by atoms with E-state index in [0.717, 1.165) is 5.69 Å². The van der Waals surface area contributed by atoms with Crippen LogP contribution in [0.15, 0.2) is 29.2 Å². The zero-order valence-corrected chi connectivity index (χ0v) is 10.9. The van der Waals surface area contributed by atoms with Crippen molar-refractivity contribution in [2.24, 2.45) is 0 Å². The summed E-state index contributed by atoms with van der Waals surface area (Å²) in [6.07, 6.45) is 5.85. The molecule has 17 heavy (non-hydrogen) atoms. The Morgan fingerprint density at radius 3 is 2.41 bits per heavy atom. The Morgan fingerprint density at radius 1 is 1.35 bits per heavy atom. The van der Waals surface area contributed by atoms with Crippen molar-refractivity contribution in [1.29, 1.82) is 0 Å². The van der Waals surface area contributed by atoms with E-state index in [4.69, 9.17) is 6.42 Å². The maximum Gasteiger partial charge on any atom is 0.178 e. The molecule has 1 aromatic rings. The number of benzene rings is 1. The summed E-state index contributed by atoms with van der Waals surface area (Å²) in [5.74, 6) is 2.69. The van der Waals surface area contributed by atoms with E-state index in [1.807, 2.05) is 6.92 Å². The van der Waals surface area contributed by atoms with Crippen LogP contribution in [0.2, 0.25) is 0 Å². The molecule has 1 atom stereocenters. The van der Waals surface area contributed by atoms with Crippen LogP contribution in [0.1, 0.15) is 20.3 Å². The van der Waals surface area contributed by atoms with Crippen LogP contribution < -0.4 is 5.32 Å². The van der Waals surface area contributed by atoms with Crippen molar-refractivity contribution in [3.05, 3.63) is 24.3 Å². The highest BCUT2D eigenvalue weighted by molar-refractivity contribution is 7.91. The summed E-state index contributed by atoms with van der Waals surface area (Å²) >= 11 is 0. The Hall–Kier alpha value is -1.47. The first-order valence-electron chi connectivity index (χ1n) is 5.52. The Morgan fingerprint density at radius 2 is 1.94 bits per heavy atom. The molecule has 0 aliphatic rings. The third-order valence-corrected chi connectivity index (χ3v) is 4.18. The van der Waals surface area contributed by atoms with Gasteiger partial charge in [-0.25, -0.2) is 8.42 Å². The van der Waals surface area contributed by atoms with E-state index in [1.54, 1.807) is 31.2 Å². The Kier molecular flexibility index (Phi) is 4.59. The average molecular weight is 251 g/mol. The van der Waals surface area contributed by atoms with Crippen molar-refractivity contribution < 1.29 is 8.42 Å². The molecule has 0 heterocycles. The number of hydrogen-bond acceptors (Lipinski definition) is 3. The summed E-state index contributed by atoms with van der Waals surface area (Å²) in [4.78, 5) is 0.357. The van der Waals surface area contributed by atoms with Crippen molar-refractivity contribution in [3.63, 3.8) is 0 Å². The third-order valence-electron chi connectivity index (χ3n) is 2.43. The van der Waals surface area contributed by atoms with Gasteiger partial charge in [-0.3, -0.25) is 0 Å². The van der Waals surface area contributed by atoms with Crippen LogP contribution in [0.25, 0.3) is 0 Å². The molecule has 0 aliphatic carbocycles. The molecule has 0 fully saturated rings. The molecule has 1 N–H and O–H groups in total. The molecule has 0 radical (unpaired) electrons. The number of rotatable bonds is 5. The topological polar surface area (TPSA) is 46.2 Å². The predicted octanol–water partition coefficient (Wildman–Crippen LogP) is 2.30. The number of nitrogens with one attached hydrogen (secondary N) is 1. The zero-order chi connectivity index (χ0) is 12.9. The summed E-state index contributed by atoms with van der Waals surface area (Å²) in [5, 5.41) is 3.20. The summed E-state index contributed by atoms with van der Waals surface area (Å²) in [5.41, 5.74) is 0.878. The molecule has 0 aliphatic heterocycles. The molecule has 92 valence electrons. The normalized spacial score (nSPS) is 12.8. The van der Waals surface area contributed by atoms with E-state index >= 15 is 0 Å². The van der Waals surface area contributed by atoms with Gasteiger partial charge in [-0.05, 0) is 31.2 Å². The molecule has 0 aromatic heterocycles.